The van der Waals surface area contributed by atoms with Crippen molar-refractivity contribution in [3.8, 4) is 17.6 Å². The van der Waals surface area contributed by atoms with Crippen LogP contribution in [0.25, 0.3) is 28.1 Å². The third kappa shape index (κ3) is 4.08. The number of fused-ring (bicyclic) bond motifs is 3. The molecule has 0 amide bonds. The van der Waals surface area contributed by atoms with Gasteiger partial charge in [-0.05, 0) is 45.4 Å². The number of β-amino-alcohol motifs (C(OH)–C–C–N with tert-alkyl or cyclic N) is 1. The summed E-state index contributed by atoms with van der Waals surface area (Å²) < 4.78 is 8.30. The molecule has 1 atom stereocenters. The number of hydrogen-bond donors (Lipinski definition) is 2. The summed E-state index contributed by atoms with van der Waals surface area (Å²) in [6.07, 6.45) is 2.71. The van der Waals surface area contributed by atoms with Crippen molar-refractivity contribution in [2.24, 2.45) is 0 Å². The fourth-order valence-corrected chi connectivity index (χ4v) is 4.71. The fraction of sp³-hybridized carbons (Fsp3) is 0.435. The van der Waals surface area contributed by atoms with E-state index in [4.69, 9.17) is 16.1 Å². The Labute approximate surface area is 204 Å². The number of aliphatic hydroxyl groups is 2. The maximum absolute atomic E-state index is 13.9. The van der Waals surface area contributed by atoms with Gasteiger partial charge in [0.2, 0.25) is 5.82 Å². The van der Waals surface area contributed by atoms with Gasteiger partial charge < -0.3 is 19.3 Å². The highest BCUT2D eigenvalue weighted by molar-refractivity contribution is 6.32. The Morgan fingerprint density at radius 3 is 2.80 bits per heavy atom. The van der Waals surface area contributed by atoms with Crippen molar-refractivity contribution >= 4 is 28.2 Å². The third-order valence-electron chi connectivity index (χ3n) is 6.24. The summed E-state index contributed by atoms with van der Waals surface area (Å²) in [4.78, 5) is 24.6. The van der Waals surface area contributed by atoms with Crippen LogP contribution in [-0.4, -0.2) is 64.9 Å². The van der Waals surface area contributed by atoms with Crippen LogP contribution in [0.5, 0.6) is 0 Å². The minimum atomic E-state index is -1.36. The number of benzene rings is 1. The lowest BCUT2D eigenvalue weighted by atomic mass is 10.1. The number of piperidine rings is 1. The maximum atomic E-state index is 13.9. The molecule has 1 unspecified atom stereocenters. The summed E-state index contributed by atoms with van der Waals surface area (Å²) in [6.45, 7) is 5.16. The topological polar surface area (TPSA) is 146 Å². The average Bonchev–Trinajstić information content (AvgIpc) is 3.46. The van der Waals surface area contributed by atoms with Crippen LogP contribution in [0.4, 0.5) is 0 Å². The van der Waals surface area contributed by atoms with Crippen molar-refractivity contribution in [2.75, 3.05) is 19.6 Å². The molecule has 0 saturated carbocycles. The van der Waals surface area contributed by atoms with E-state index in [2.05, 4.69) is 26.1 Å². The Morgan fingerprint density at radius 1 is 1.31 bits per heavy atom. The SMILES string of the molecule is CC(C)(O)c1nc(-c2ncn3c2c(=O)n(CCN2CCCC(O)C2)c2c(C#N)c(Cl)ccc23)no1. The molecule has 5 rings (SSSR count). The third-order valence-corrected chi connectivity index (χ3v) is 6.56. The molecular formula is C23H24ClN7O4. The van der Waals surface area contributed by atoms with Gasteiger partial charge in [-0.2, -0.15) is 10.2 Å². The smallest absolute Gasteiger partial charge is 0.277 e. The van der Waals surface area contributed by atoms with Crippen LogP contribution in [0, 0.1) is 11.3 Å². The molecule has 0 spiro atoms. The molecule has 12 heteroatoms. The van der Waals surface area contributed by atoms with Crippen LogP contribution in [-0.2, 0) is 12.1 Å². The van der Waals surface area contributed by atoms with Crippen molar-refractivity contribution in [2.45, 2.75) is 44.9 Å². The molecule has 2 N–H and O–H groups in total. The minimum absolute atomic E-state index is 0.00281. The Kier molecular flexibility index (Phi) is 5.85. The van der Waals surface area contributed by atoms with Crippen LogP contribution in [0.15, 0.2) is 27.8 Å². The second-order valence-corrected chi connectivity index (χ2v) is 9.66. The molecule has 182 valence electrons. The highest BCUT2D eigenvalue weighted by Crippen LogP contribution is 2.29. The summed E-state index contributed by atoms with van der Waals surface area (Å²) >= 11 is 6.33. The number of nitriles is 1. The standard InChI is InChI=1S/C23H24ClN7O4/c1-23(2,34)22-27-20(28-35-22)17-19-21(33)30(9-8-29-7-3-4-13(32)11-29)18-14(10-25)15(24)5-6-16(18)31(19)12-26-17/h5-6,12-13,32,34H,3-4,7-9,11H2,1-2H3. The average molecular weight is 498 g/mol. The van der Waals surface area contributed by atoms with E-state index in [9.17, 15) is 20.3 Å². The van der Waals surface area contributed by atoms with E-state index >= 15 is 0 Å². The summed E-state index contributed by atoms with van der Waals surface area (Å²) in [6, 6.07) is 5.47. The van der Waals surface area contributed by atoms with Crippen LogP contribution in [0.2, 0.25) is 5.02 Å². The molecule has 0 bridgehead atoms. The van der Waals surface area contributed by atoms with Crippen molar-refractivity contribution < 1.29 is 14.7 Å². The predicted molar refractivity (Wildman–Crippen MR) is 127 cm³/mol. The summed E-state index contributed by atoms with van der Waals surface area (Å²) in [5.74, 6) is 0.0678. The van der Waals surface area contributed by atoms with Crippen molar-refractivity contribution in [3.05, 3.63) is 45.3 Å². The first-order valence-corrected chi connectivity index (χ1v) is 11.7. The van der Waals surface area contributed by atoms with Gasteiger partial charge in [-0.25, -0.2) is 4.98 Å². The van der Waals surface area contributed by atoms with Crippen molar-refractivity contribution in [1.29, 1.82) is 5.26 Å². The number of nitrogens with zero attached hydrogens (tertiary/aromatic N) is 7. The van der Waals surface area contributed by atoms with Crippen LogP contribution < -0.4 is 5.56 Å². The zero-order valence-electron chi connectivity index (χ0n) is 19.3. The zero-order chi connectivity index (χ0) is 24.9. The molecule has 1 aromatic carbocycles. The number of imidazole rings is 1. The van der Waals surface area contributed by atoms with E-state index in [-0.39, 0.29) is 40.1 Å². The minimum Gasteiger partial charge on any atom is -0.392 e. The van der Waals surface area contributed by atoms with Gasteiger partial charge in [-0.15, -0.1) is 0 Å². The maximum Gasteiger partial charge on any atom is 0.277 e. The number of rotatable bonds is 5. The number of halogens is 1. The van der Waals surface area contributed by atoms with E-state index in [1.807, 2.05) is 0 Å². The quantitative estimate of drug-likeness (QED) is 0.422. The summed E-state index contributed by atoms with van der Waals surface area (Å²) in [5, 5.41) is 34.2. The van der Waals surface area contributed by atoms with Gasteiger partial charge >= 0.3 is 0 Å². The van der Waals surface area contributed by atoms with Gasteiger partial charge in [-0.1, -0.05) is 16.8 Å². The molecule has 4 aromatic rings. The van der Waals surface area contributed by atoms with Gasteiger partial charge in [0.25, 0.3) is 11.4 Å². The molecule has 11 nitrogen and oxygen atoms in total. The number of likely N-dealkylation sites (tertiary alicyclic amines) is 1. The van der Waals surface area contributed by atoms with E-state index in [0.717, 1.165) is 19.4 Å². The molecule has 35 heavy (non-hydrogen) atoms. The molecule has 4 heterocycles. The van der Waals surface area contributed by atoms with Gasteiger partial charge in [-0.3, -0.25) is 14.1 Å². The highest BCUT2D eigenvalue weighted by atomic mass is 35.5. The van der Waals surface area contributed by atoms with Crippen LogP contribution >= 0.6 is 11.6 Å². The summed E-state index contributed by atoms with van der Waals surface area (Å²) in [5.41, 5.74) is -0.159. The fourth-order valence-electron chi connectivity index (χ4n) is 4.52. The van der Waals surface area contributed by atoms with Crippen molar-refractivity contribution in [3.63, 3.8) is 0 Å². The molecule has 1 aliphatic rings. The number of aromatic nitrogens is 5. The second-order valence-electron chi connectivity index (χ2n) is 9.25. The molecule has 1 saturated heterocycles. The lowest BCUT2D eigenvalue weighted by molar-refractivity contribution is 0.0420. The predicted octanol–water partition coefficient (Wildman–Crippen LogP) is 1.91. The van der Waals surface area contributed by atoms with Crippen molar-refractivity contribution in [1.82, 2.24) is 29.0 Å². The Hall–Kier alpha value is -3.30. The lowest BCUT2D eigenvalue weighted by Crippen LogP contribution is -2.41. The van der Waals surface area contributed by atoms with E-state index in [1.165, 1.54) is 24.7 Å². The van der Waals surface area contributed by atoms with Gasteiger partial charge in [0, 0.05) is 19.6 Å². The number of hydrogen-bond acceptors (Lipinski definition) is 9. The van der Waals surface area contributed by atoms with Gasteiger partial charge in [0.1, 0.15) is 29.2 Å². The first-order chi connectivity index (χ1) is 16.7. The first kappa shape index (κ1) is 23.4. The highest BCUT2D eigenvalue weighted by Gasteiger charge is 2.28. The van der Waals surface area contributed by atoms with Gasteiger partial charge in [0.15, 0.2) is 0 Å². The molecule has 0 aliphatic carbocycles. The molecule has 3 aromatic heterocycles. The van der Waals surface area contributed by atoms with Crippen LogP contribution in [0.3, 0.4) is 0 Å². The zero-order valence-corrected chi connectivity index (χ0v) is 20.0. The van der Waals surface area contributed by atoms with E-state index in [0.29, 0.717) is 24.1 Å². The number of aliphatic hydroxyl groups excluding tert-OH is 1. The second kappa shape index (κ2) is 8.73. The molecule has 1 aliphatic heterocycles. The molecule has 1 fully saturated rings. The van der Waals surface area contributed by atoms with E-state index in [1.54, 1.807) is 16.5 Å². The first-order valence-electron chi connectivity index (χ1n) is 11.3. The molecular weight excluding hydrogens is 474 g/mol. The Morgan fingerprint density at radius 2 is 2.11 bits per heavy atom. The monoisotopic (exact) mass is 497 g/mol. The Bertz CT molecular complexity index is 1530. The van der Waals surface area contributed by atoms with Gasteiger partial charge in [0.05, 0.1) is 27.7 Å². The Balaban J connectivity index is 1.71. The summed E-state index contributed by atoms with van der Waals surface area (Å²) in [7, 11) is 0. The van der Waals surface area contributed by atoms with E-state index < -0.39 is 17.3 Å². The van der Waals surface area contributed by atoms with Crippen LogP contribution in [0.1, 0.15) is 38.1 Å². The lowest BCUT2D eigenvalue weighted by Gasteiger charge is -2.30. The normalized spacial score (nSPS) is 17.3. The largest absolute Gasteiger partial charge is 0.392 e. The molecule has 0 radical (unpaired) electrons.